The molecule has 0 N–H and O–H groups in total. The number of halogens is 3. The van der Waals surface area contributed by atoms with E-state index in [1.54, 1.807) is 12.1 Å². The Hall–Kier alpha value is -2.55. The first-order chi connectivity index (χ1) is 10.5. The Kier molecular flexibility index (Phi) is 4.89. The van der Waals surface area contributed by atoms with E-state index in [0.717, 1.165) is 28.8 Å². The summed E-state index contributed by atoms with van der Waals surface area (Å²) in [5, 5.41) is 0. The maximum absolute atomic E-state index is 14.3. The highest BCUT2D eigenvalue weighted by Crippen LogP contribution is 2.29. The van der Waals surface area contributed by atoms with Gasteiger partial charge in [-0.05, 0) is 41.8 Å². The van der Waals surface area contributed by atoms with E-state index in [1.807, 2.05) is 31.2 Å². The zero-order valence-corrected chi connectivity index (χ0v) is 11.9. The highest BCUT2D eigenvalue weighted by Gasteiger charge is 2.10. The molecule has 0 radical (unpaired) electrons. The number of aryl methyl sites for hydroxylation is 1. The summed E-state index contributed by atoms with van der Waals surface area (Å²) >= 11 is 0. The monoisotopic (exact) mass is 314 g/mol. The lowest BCUT2D eigenvalue weighted by molar-refractivity contribution is 0.509. The molecule has 0 aromatic heterocycles. The molecule has 118 valence electrons. The Labute approximate surface area is 134 Å². The van der Waals surface area contributed by atoms with Crippen LogP contribution in [0, 0.1) is 24.4 Å². The molecular formula is C20H17F3. The van der Waals surface area contributed by atoms with Crippen LogP contribution in [-0.2, 0) is 0 Å². The van der Waals surface area contributed by atoms with Gasteiger partial charge in [-0.1, -0.05) is 55.5 Å². The maximum atomic E-state index is 14.3. The second-order valence-corrected chi connectivity index (χ2v) is 5.19. The van der Waals surface area contributed by atoms with Gasteiger partial charge in [0.1, 0.15) is 5.82 Å². The third kappa shape index (κ3) is 3.45. The van der Waals surface area contributed by atoms with Crippen LogP contribution in [-0.4, -0.2) is 0 Å². The lowest BCUT2D eigenvalue weighted by Crippen LogP contribution is -1.89. The van der Waals surface area contributed by atoms with Gasteiger partial charge < -0.3 is 0 Å². The lowest BCUT2D eigenvalue weighted by Gasteiger charge is -2.08. The van der Waals surface area contributed by atoms with Crippen molar-refractivity contribution in [3.63, 3.8) is 0 Å². The molecule has 0 spiro atoms. The van der Waals surface area contributed by atoms with Crippen LogP contribution in [0.4, 0.5) is 13.2 Å². The summed E-state index contributed by atoms with van der Waals surface area (Å²) in [4.78, 5) is 0. The van der Waals surface area contributed by atoms with Gasteiger partial charge in [0.15, 0.2) is 11.6 Å². The maximum Gasteiger partial charge on any atom is 0.159 e. The fourth-order valence-corrected chi connectivity index (χ4v) is 2.34. The van der Waals surface area contributed by atoms with Crippen molar-refractivity contribution in [1.29, 1.82) is 0 Å². The fourth-order valence-electron chi connectivity index (χ4n) is 2.34. The van der Waals surface area contributed by atoms with Crippen LogP contribution in [0.1, 0.15) is 13.0 Å². The first-order valence-corrected chi connectivity index (χ1v) is 6.86. The minimum atomic E-state index is -0.987. The topological polar surface area (TPSA) is 0 Å². The minimum Gasteiger partial charge on any atom is -0.206 e. The molecule has 0 bridgehead atoms. The molecule has 0 atom stereocenters. The molecule has 23 heavy (non-hydrogen) atoms. The molecule has 3 heteroatoms. The SMILES string of the molecule is C.Cc1ccc(-c2ccc(-c3ccc(F)c(F)c3)c(F)c2)cc1. The third-order valence-electron chi connectivity index (χ3n) is 3.58. The quantitative estimate of drug-likeness (QED) is 0.514. The van der Waals surface area contributed by atoms with E-state index in [-0.39, 0.29) is 13.0 Å². The molecule has 3 aromatic rings. The molecule has 0 nitrogen and oxygen atoms in total. The average Bonchev–Trinajstić information content (AvgIpc) is 2.51. The first kappa shape index (κ1) is 16.8. The Bertz CT molecular complexity index is 821. The largest absolute Gasteiger partial charge is 0.206 e. The van der Waals surface area contributed by atoms with Crippen LogP contribution >= 0.6 is 0 Å². The van der Waals surface area contributed by atoms with Crippen molar-refractivity contribution in [2.75, 3.05) is 0 Å². The number of benzene rings is 3. The molecule has 0 saturated carbocycles. The van der Waals surface area contributed by atoms with Gasteiger partial charge in [0, 0.05) is 5.56 Å². The van der Waals surface area contributed by atoms with E-state index >= 15 is 0 Å². The predicted octanol–water partition coefficient (Wildman–Crippen LogP) is 6.38. The van der Waals surface area contributed by atoms with Gasteiger partial charge in [-0.3, -0.25) is 0 Å². The van der Waals surface area contributed by atoms with E-state index in [2.05, 4.69) is 0 Å². The fraction of sp³-hybridized carbons (Fsp3) is 0.100. The molecule has 3 aromatic carbocycles. The van der Waals surface area contributed by atoms with E-state index in [0.29, 0.717) is 5.56 Å². The van der Waals surface area contributed by atoms with Crippen molar-refractivity contribution in [3.8, 4) is 22.3 Å². The molecule has 0 aliphatic heterocycles. The van der Waals surface area contributed by atoms with Crippen LogP contribution in [0.25, 0.3) is 22.3 Å². The van der Waals surface area contributed by atoms with Gasteiger partial charge in [-0.25, -0.2) is 13.2 Å². The number of rotatable bonds is 2. The second-order valence-electron chi connectivity index (χ2n) is 5.19. The molecule has 0 aliphatic carbocycles. The summed E-state index contributed by atoms with van der Waals surface area (Å²) in [6.07, 6.45) is 0. The molecule has 0 heterocycles. The first-order valence-electron chi connectivity index (χ1n) is 6.86. The molecule has 0 unspecified atom stereocenters. The van der Waals surface area contributed by atoms with E-state index in [9.17, 15) is 13.2 Å². The minimum absolute atomic E-state index is 0. The average molecular weight is 314 g/mol. The van der Waals surface area contributed by atoms with Crippen molar-refractivity contribution in [2.45, 2.75) is 14.4 Å². The highest BCUT2D eigenvalue weighted by molar-refractivity contribution is 5.71. The van der Waals surface area contributed by atoms with E-state index < -0.39 is 17.5 Å². The number of hydrogen-bond donors (Lipinski definition) is 0. The predicted molar refractivity (Wildman–Crippen MR) is 88.7 cm³/mol. The molecule has 0 saturated heterocycles. The lowest BCUT2D eigenvalue weighted by atomic mass is 9.99. The van der Waals surface area contributed by atoms with Crippen LogP contribution in [0.15, 0.2) is 60.7 Å². The second kappa shape index (κ2) is 6.69. The Balaban J connectivity index is 0.00000192. The summed E-state index contributed by atoms with van der Waals surface area (Å²) in [5.74, 6) is -2.40. The highest BCUT2D eigenvalue weighted by atomic mass is 19.2. The van der Waals surface area contributed by atoms with Crippen LogP contribution in [0.2, 0.25) is 0 Å². The molecular weight excluding hydrogens is 297 g/mol. The van der Waals surface area contributed by atoms with Crippen LogP contribution in [0.5, 0.6) is 0 Å². The van der Waals surface area contributed by atoms with Crippen molar-refractivity contribution in [3.05, 3.63) is 83.7 Å². The standard InChI is InChI=1S/C19H13F3.CH4/c1-12-2-4-13(5-3-12)14-6-8-16(18(21)10-14)15-7-9-17(20)19(22)11-15;/h2-11H,1H3;1H4. The summed E-state index contributed by atoms with van der Waals surface area (Å²) < 4.78 is 40.6. The smallest absolute Gasteiger partial charge is 0.159 e. The zero-order chi connectivity index (χ0) is 15.7. The van der Waals surface area contributed by atoms with E-state index in [4.69, 9.17) is 0 Å². The zero-order valence-electron chi connectivity index (χ0n) is 11.9. The van der Waals surface area contributed by atoms with Crippen molar-refractivity contribution in [2.24, 2.45) is 0 Å². The van der Waals surface area contributed by atoms with Crippen LogP contribution in [0.3, 0.4) is 0 Å². The van der Waals surface area contributed by atoms with Gasteiger partial charge in [-0.2, -0.15) is 0 Å². The van der Waals surface area contributed by atoms with Gasteiger partial charge in [-0.15, -0.1) is 0 Å². The summed E-state index contributed by atoms with van der Waals surface area (Å²) in [7, 11) is 0. The Morgan fingerprint density at radius 2 is 1.13 bits per heavy atom. The van der Waals surface area contributed by atoms with Gasteiger partial charge >= 0.3 is 0 Å². The summed E-state index contributed by atoms with van der Waals surface area (Å²) in [5.41, 5.74) is 3.33. The third-order valence-corrected chi connectivity index (χ3v) is 3.58. The Morgan fingerprint density at radius 1 is 0.565 bits per heavy atom. The van der Waals surface area contributed by atoms with Crippen LogP contribution < -0.4 is 0 Å². The van der Waals surface area contributed by atoms with Crippen molar-refractivity contribution in [1.82, 2.24) is 0 Å². The molecule has 0 amide bonds. The molecule has 0 aliphatic rings. The molecule has 3 rings (SSSR count). The van der Waals surface area contributed by atoms with Gasteiger partial charge in [0.2, 0.25) is 0 Å². The summed E-state index contributed by atoms with van der Waals surface area (Å²) in [6.45, 7) is 1.98. The van der Waals surface area contributed by atoms with E-state index in [1.165, 1.54) is 12.1 Å². The summed E-state index contributed by atoms with van der Waals surface area (Å²) in [6, 6.07) is 15.9. The van der Waals surface area contributed by atoms with Gasteiger partial charge in [0.05, 0.1) is 0 Å². The van der Waals surface area contributed by atoms with Crippen molar-refractivity contribution < 1.29 is 13.2 Å². The normalized spacial score (nSPS) is 10.3. The van der Waals surface area contributed by atoms with Gasteiger partial charge in [0.25, 0.3) is 0 Å². The van der Waals surface area contributed by atoms with Crippen molar-refractivity contribution >= 4 is 0 Å². The Morgan fingerprint density at radius 3 is 1.74 bits per heavy atom. The molecule has 0 fully saturated rings. The number of hydrogen-bond acceptors (Lipinski definition) is 0.